The minimum Gasteiger partial charge on any atom is -0.413 e. The van der Waals surface area contributed by atoms with Crippen LogP contribution in [0.3, 0.4) is 0 Å². The van der Waals surface area contributed by atoms with E-state index in [0.29, 0.717) is 5.75 Å². The first-order valence-electron chi connectivity index (χ1n) is 11.3. The Morgan fingerprint density at radius 1 is 0.794 bits per heavy atom. The average molecular weight is 465 g/mol. The Balaban J connectivity index is 1.82. The van der Waals surface area contributed by atoms with Gasteiger partial charge in [0.2, 0.25) is 0 Å². The topological polar surface area (TPSA) is 47.6 Å². The van der Waals surface area contributed by atoms with Crippen molar-refractivity contribution in [3.63, 3.8) is 0 Å². The van der Waals surface area contributed by atoms with Gasteiger partial charge < -0.3 is 4.52 Å². The molecular weight excluding hydrogens is 441 g/mol. The van der Waals surface area contributed by atoms with Crippen molar-refractivity contribution in [2.75, 3.05) is 7.11 Å². The van der Waals surface area contributed by atoms with Gasteiger partial charge in [-0.3, -0.25) is 4.52 Å². The number of nitrogens with one attached hydrogen (secondary N) is 1. The highest BCUT2D eigenvalue weighted by Crippen LogP contribution is 2.64. The number of benzene rings is 4. The first kappa shape index (κ1) is 21.1. The van der Waals surface area contributed by atoms with Gasteiger partial charge in [-0.15, -0.1) is 0 Å². The molecule has 168 valence electrons. The van der Waals surface area contributed by atoms with Crippen LogP contribution in [-0.2, 0) is 14.6 Å². The highest BCUT2D eigenvalue weighted by molar-refractivity contribution is 7.52. The smallest absolute Gasteiger partial charge is 0.413 e. The van der Waals surface area contributed by atoms with Crippen LogP contribution in [-0.4, -0.2) is 7.11 Å². The molecule has 0 aromatic heterocycles. The van der Waals surface area contributed by atoms with E-state index in [1.807, 2.05) is 48.5 Å². The van der Waals surface area contributed by atoms with E-state index in [2.05, 4.69) is 66.6 Å². The molecule has 1 aliphatic heterocycles. The lowest BCUT2D eigenvalue weighted by Crippen LogP contribution is -2.45. The molecule has 2 unspecified atom stereocenters. The first-order valence-corrected chi connectivity index (χ1v) is 12.8. The van der Waals surface area contributed by atoms with Gasteiger partial charge in [-0.2, -0.15) is 5.09 Å². The monoisotopic (exact) mass is 465 g/mol. The lowest BCUT2D eigenvalue weighted by atomic mass is 9.77. The standard InChI is InChI=1S/C29H24NO3P/c1-20-17-18-24-23(19-20)27(21-11-5-3-6-12-21)28(22-13-7-4-8-14-22)29(24)25-15-9-10-16-26(25)33-34(31,30-29)32-2/h3-19H,1-2H3,(H,30,31). The second kappa shape index (κ2) is 7.82. The minimum atomic E-state index is -3.67. The number of aryl methyl sites for hydroxylation is 1. The molecule has 1 spiro atoms. The maximum absolute atomic E-state index is 13.8. The van der Waals surface area contributed by atoms with Crippen LogP contribution < -0.4 is 9.61 Å². The molecule has 4 aromatic carbocycles. The molecule has 34 heavy (non-hydrogen) atoms. The van der Waals surface area contributed by atoms with Gasteiger partial charge in [-0.1, -0.05) is 103 Å². The van der Waals surface area contributed by atoms with Crippen molar-refractivity contribution in [1.82, 2.24) is 5.09 Å². The van der Waals surface area contributed by atoms with Gasteiger partial charge in [-0.05, 0) is 46.4 Å². The summed E-state index contributed by atoms with van der Waals surface area (Å²) in [5.74, 6) is 0.556. The fraction of sp³-hybridized carbons (Fsp3) is 0.103. The van der Waals surface area contributed by atoms with Gasteiger partial charge in [0.1, 0.15) is 11.3 Å². The van der Waals surface area contributed by atoms with Gasteiger partial charge in [0.25, 0.3) is 0 Å². The molecule has 0 radical (unpaired) electrons. The molecule has 0 saturated heterocycles. The fourth-order valence-electron chi connectivity index (χ4n) is 5.27. The fourth-order valence-corrected chi connectivity index (χ4v) is 6.66. The summed E-state index contributed by atoms with van der Waals surface area (Å²) in [4.78, 5) is 0. The van der Waals surface area contributed by atoms with Crippen LogP contribution in [0.2, 0.25) is 0 Å². The Morgan fingerprint density at radius 3 is 2.15 bits per heavy atom. The van der Waals surface area contributed by atoms with Crippen molar-refractivity contribution >= 4 is 18.9 Å². The molecule has 0 bridgehead atoms. The van der Waals surface area contributed by atoms with E-state index < -0.39 is 13.3 Å². The molecule has 0 fully saturated rings. The Bertz CT molecular complexity index is 1480. The average Bonchev–Trinajstić information content (AvgIpc) is 3.14. The molecule has 0 saturated carbocycles. The van der Waals surface area contributed by atoms with Crippen molar-refractivity contribution in [2.45, 2.75) is 12.5 Å². The molecule has 4 nitrogen and oxygen atoms in total. The summed E-state index contributed by atoms with van der Waals surface area (Å²) in [6.45, 7) is 2.10. The number of para-hydroxylation sites is 1. The van der Waals surface area contributed by atoms with Crippen LogP contribution >= 0.6 is 7.75 Å². The van der Waals surface area contributed by atoms with E-state index in [-0.39, 0.29) is 0 Å². The summed E-state index contributed by atoms with van der Waals surface area (Å²) in [6, 6.07) is 34.9. The first-order chi connectivity index (χ1) is 16.6. The molecule has 4 aromatic rings. The highest BCUT2D eigenvalue weighted by atomic mass is 31.2. The quantitative estimate of drug-likeness (QED) is 0.333. The molecule has 2 aliphatic rings. The molecule has 6 rings (SSSR count). The van der Waals surface area contributed by atoms with Crippen LogP contribution in [0, 0.1) is 6.92 Å². The summed E-state index contributed by atoms with van der Waals surface area (Å²) in [6.07, 6.45) is 0. The van der Waals surface area contributed by atoms with Crippen LogP contribution in [0.25, 0.3) is 11.1 Å². The van der Waals surface area contributed by atoms with Gasteiger partial charge in [0.05, 0.1) is 0 Å². The van der Waals surface area contributed by atoms with Crippen LogP contribution in [0.1, 0.15) is 33.4 Å². The zero-order valence-corrected chi connectivity index (χ0v) is 19.9. The molecule has 2 atom stereocenters. The van der Waals surface area contributed by atoms with E-state index in [1.165, 1.54) is 7.11 Å². The Morgan fingerprint density at radius 2 is 1.44 bits per heavy atom. The van der Waals surface area contributed by atoms with Gasteiger partial charge in [-0.25, -0.2) is 4.57 Å². The van der Waals surface area contributed by atoms with Crippen LogP contribution in [0.15, 0.2) is 103 Å². The van der Waals surface area contributed by atoms with E-state index in [9.17, 15) is 4.57 Å². The van der Waals surface area contributed by atoms with E-state index in [1.54, 1.807) is 0 Å². The largest absolute Gasteiger partial charge is 0.459 e. The molecule has 1 aliphatic carbocycles. The Labute approximate surface area is 199 Å². The summed E-state index contributed by atoms with van der Waals surface area (Å²) in [5.41, 5.74) is 7.58. The summed E-state index contributed by atoms with van der Waals surface area (Å²) < 4.78 is 25.2. The minimum absolute atomic E-state index is 0.556. The molecule has 0 amide bonds. The zero-order chi connectivity index (χ0) is 23.3. The summed E-state index contributed by atoms with van der Waals surface area (Å²) in [5, 5.41) is 3.39. The second-order valence-corrected chi connectivity index (χ2v) is 10.4. The molecular formula is C29H24NO3P. The summed E-state index contributed by atoms with van der Waals surface area (Å²) in [7, 11) is -2.25. The maximum atomic E-state index is 13.8. The normalized spacial score (nSPS) is 22.9. The van der Waals surface area contributed by atoms with Crippen LogP contribution in [0.4, 0.5) is 0 Å². The predicted octanol–water partition coefficient (Wildman–Crippen LogP) is 6.95. The van der Waals surface area contributed by atoms with Gasteiger partial charge >= 0.3 is 7.75 Å². The van der Waals surface area contributed by atoms with Gasteiger partial charge in [0, 0.05) is 12.7 Å². The number of hydrogen-bond acceptors (Lipinski definition) is 3. The Hall–Kier alpha value is -3.43. The zero-order valence-electron chi connectivity index (χ0n) is 19.0. The van der Waals surface area contributed by atoms with Crippen LogP contribution in [0.5, 0.6) is 5.75 Å². The molecule has 5 heteroatoms. The van der Waals surface area contributed by atoms with Crippen molar-refractivity contribution in [1.29, 1.82) is 0 Å². The van der Waals surface area contributed by atoms with Crippen molar-refractivity contribution in [3.8, 4) is 5.75 Å². The number of rotatable bonds is 3. The predicted molar refractivity (Wildman–Crippen MR) is 136 cm³/mol. The Kier molecular flexibility index (Phi) is 4.86. The molecule has 1 heterocycles. The van der Waals surface area contributed by atoms with Crippen molar-refractivity contribution in [2.24, 2.45) is 0 Å². The van der Waals surface area contributed by atoms with Crippen molar-refractivity contribution < 1.29 is 13.6 Å². The van der Waals surface area contributed by atoms with Gasteiger partial charge in [0.15, 0.2) is 0 Å². The lowest BCUT2D eigenvalue weighted by molar-refractivity contribution is 0.285. The highest BCUT2D eigenvalue weighted by Gasteiger charge is 2.55. The number of fused-ring (bicyclic) bond motifs is 4. The van der Waals surface area contributed by atoms with E-state index in [0.717, 1.165) is 44.5 Å². The third-order valence-electron chi connectivity index (χ3n) is 6.65. The van der Waals surface area contributed by atoms with Crippen molar-refractivity contribution in [3.05, 3.63) is 137 Å². The summed E-state index contributed by atoms with van der Waals surface area (Å²) >= 11 is 0. The third-order valence-corrected chi connectivity index (χ3v) is 8.18. The number of hydrogen-bond donors (Lipinski definition) is 1. The third kappa shape index (κ3) is 3.04. The molecule has 1 N–H and O–H groups in total. The van der Waals surface area contributed by atoms with E-state index >= 15 is 0 Å². The van der Waals surface area contributed by atoms with E-state index in [4.69, 9.17) is 9.05 Å². The second-order valence-electron chi connectivity index (χ2n) is 8.66. The lowest BCUT2D eigenvalue weighted by Gasteiger charge is -2.42. The maximum Gasteiger partial charge on any atom is 0.459 e. The SMILES string of the molecule is COP1(=O)NC2(C(c3ccccc3)=C(c3ccccc3)c3cc(C)ccc32)c2ccccc2O1.